The van der Waals surface area contributed by atoms with Gasteiger partial charge in [-0.05, 0) is 59.2 Å². The molecule has 4 rings (SSSR count). The van der Waals surface area contributed by atoms with Crippen LogP contribution in [0, 0.1) is 0 Å². The second-order valence-corrected chi connectivity index (χ2v) is 12.3. The van der Waals surface area contributed by atoms with Crippen molar-refractivity contribution in [2.45, 2.75) is 37.8 Å². The third kappa shape index (κ3) is 8.55. The Morgan fingerprint density at radius 2 is 1.74 bits per heavy atom. The van der Waals surface area contributed by atoms with Crippen molar-refractivity contribution in [3.05, 3.63) is 89.4 Å². The molecule has 2 heterocycles. The predicted octanol–water partition coefficient (Wildman–Crippen LogP) is 5.90. The molecule has 1 atom stereocenters. The molecule has 4 aromatic rings. The van der Waals surface area contributed by atoms with Gasteiger partial charge in [-0.3, -0.25) is 9.59 Å². The molecule has 0 radical (unpaired) electrons. The van der Waals surface area contributed by atoms with Crippen LogP contribution in [0.3, 0.4) is 0 Å². The lowest BCUT2D eigenvalue weighted by atomic mass is 10.1. The zero-order valence-electron chi connectivity index (χ0n) is 22.8. The van der Waals surface area contributed by atoms with E-state index in [2.05, 4.69) is 20.4 Å². The number of alkyl halides is 3. The highest BCUT2D eigenvalue weighted by Gasteiger charge is 2.31. The van der Waals surface area contributed by atoms with Crippen LogP contribution in [0.5, 0.6) is 11.6 Å². The summed E-state index contributed by atoms with van der Waals surface area (Å²) < 4.78 is 71.2. The minimum Gasteiger partial charge on any atom is -0.472 e. The Kier molecular flexibility index (Phi) is 9.71. The Balaban J connectivity index is 1.47. The number of hydrogen-bond donors (Lipinski definition) is 2. The molecule has 9 nitrogen and oxygen atoms in total. The highest BCUT2D eigenvalue weighted by molar-refractivity contribution is 7.91. The lowest BCUT2D eigenvalue weighted by Crippen LogP contribution is -2.35. The van der Waals surface area contributed by atoms with E-state index >= 15 is 0 Å². The second kappa shape index (κ2) is 13.3. The quantitative estimate of drug-likeness (QED) is 0.211. The van der Waals surface area contributed by atoms with E-state index in [9.17, 15) is 31.2 Å². The number of carbonyl (C=O) groups is 2. The van der Waals surface area contributed by atoms with Crippen LogP contribution in [0.25, 0.3) is 11.1 Å². The number of benzene rings is 2. The van der Waals surface area contributed by atoms with Crippen LogP contribution in [-0.2, 0) is 26.0 Å². The van der Waals surface area contributed by atoms with E-state index in [1.165, 1.54) is 79.9 Å². The minimum absolute atomic E-state index is 0.0286. The van der Waals surface area contributed by atoms with Crippen molar-refractivity contribution in [3.8, 4) is 22.8 Å². The van der Waals surface area contributed by atoms with E-state index in [1.54, 1.807) is 23.6 Å². The lowest BCUT2D eigenvalue weighted by molar-refractivity contribution is -0.274. The molecule has 0 aliphatic rings. The molecule has 226 valence electrons. The van der Waals surface area contributed by atoms with E-state index < -0.39 is 34.1 Å². The van der Waals surface area contributed by atoms with Gasteiger partial charge in [0.25, 0.3) is 5.91 Å². The number of pyridine rings is 1. The van der Waals surface area contributed by atoms with Crippen LogP contribution < -0.4 is 20.1 Å². The summed E-state index contributed by atoms with van der Waals surface area (Å²) in [5.74, 6) is -1.12. The Hall–Kier alpha value is -4.43. The standard InChI is InChI=1S/C29H26F3N3O6S2/c1-3-43(38,39)23-12-8-20(9-13-23)26(34-18(2)36)27(37)35-25-15-21(17-42-25)24-5-4-14-33-28(24)40-16-19-6-10-22(11-7-19)41-29(30,31)32/h4-15,17,26H,3,16H2,1-2H3,(H,34,36)(H,35,37)/t26-/m1/s1. The number of aromatic nitrogens is 1. The first-order chi connectivity index (χ1) is 20.3. The summed E-state index contributed by atoms with van der Waals surface area (Å²) in [5.41, 5.74) is 2.29. The van der Waals surface area contributed by atoms with Crippen molar-refractivity contribution in [2.24, 2.45) is 0 Å². The summed E-state index contributed by atoms with van der Waals surface area (Å²) in [6, 6.07) is 15.1. The topological polar surface area (TPSA) is 124 Å². The molecule has 2 N–H and O–H groups in total. The predicted molar refractivity (Wildman–Crippen MR) is 154 cm³/mol. The first-order valence-electron chi connectivity index (χ1n) is 12.8. The van der Waals surface area contributed by atoms with Gasteiger partial charge in [0.15, 0.2) is 9.84 Å². The molecule has 0 aliphatic carbocycles. The minimum atomic E-state index is -4.78. The van der Waals surface area contributed by atoms with E-state index in [-0.39, 0.29) is 28.9 Å². The summed E-state index contributed by atoms with van der Waals surface area (Å²) in [6.07, 6.45) is -3.25. The average Bonchev–Trinajstić information content (AvgIpc) is 3.43. The van der Waals surface area contributed by atoms with Crippen molar-refractivity contribution in [1.29, 1.82) is 0 Å². The molecule has 43 heavy (non-hydrogen) atoms. The zero-order chi connectivity index (χ0) is 31.2. The highest BCUT2D eigenvalue weighted by atomic mass is 32.2. The number of nitrogens with zero attached hydrogens (tertiary/aromatic N) is 1. The number of amides is 2. The molecule has 2 aromatic heterocycles. The Bertz CT molecular complexity index is 1690. The molecule has 0 bridgehead atoms. The molecular weight excluding hydrogens is 607 g/mol. The average molecular weight is 634 g/mol. The molecule has 0 aliphatic heterocycles. The van der Waals surface area contributed by atoms with E-state index in [1.807, 2.05) is 0 Å². The number of carbonyl (C=O) groups excluding carboxylic acids is 2. The van der Waals surface area contributed by atoms with Gasteiger partial charge in [0.2, 0.25) is 11.8 Å². The number of halogens is 3. The zero-order valence-corrected chi connectivity index (χ0v) is 24.5. The molecule has 0 unspecified atom stereocenters. The first-order valence-corrected chi connectivity index (χ1v) is 15.3. The van der Waals surface area contributed by atoms with Crippen molar-refractivity contribution in [1.82, 2.24) is 10.3 Å². The van der Waals surface area contributed by atoms with Crippen LogP contribution in [0.2, 0.25) is 0 Å². The highest BCUT2D eigenvalue weighted by Crippen LogP contribution is 2.35. The van der Waals surface area contributed by atoms with Crippen molar-refractivity contribution in [3.63, 3.8) is 0 Å². The van der Waals surface area contributed by atoms with Crippen LogP contribution in [-0.4, -0.2) is 37.3 Å². The van der Waals surface area contributed by atoms with Gasteiger partial charge < -0.3 is 20.1 Å². The number of anilines is 1. The van der Waals surface area contributed by atoms with Crippen LogP contribution in [0.4, 0.5) is 18.2 Å². The molecule has 2 amide bonds. The van der Waals surface area contributed by atoms with Crippen LogP contribution in [0.15, 0.2) is 83.2 Å². The number of hydrogen-bond acceptors (Lipinski definition) is 8. The maximum absolute atomic E-state index is 13.2. The van der Waals surface area contributed by atoms with E-state index in [0.29, 0.717) is 27.3 Å². The van der Waals surface area contributed by atoms with E-state index in [0.717, 1.165) is 0 Å². The SMILES string of the molecule is CCS(=O)(=O)c1ccc([C@@H](NC(C)=O)C(=O)Nc2cc(-c3cccnc3OCc3ccc(OC(F)(F)F)cc3)cs2)cc1. The Morgan fingerprint density at radius 3 is 2.37 bits per heavy atom. The van der Waals surface area contributed by atoms with Crippen molar-refractivity contribution >= 4 is 38.0 Å². The Labute approximate surface area is 249 Å². The Morgan fingerprint density at radius 1 is 1.05 bits per heavy atom. The second-order valence-electron chi connectivity index (χ2n) is 9.13. The van der Waals surface area contributed by atoms with Gasteiger partial charge in [0, 0.05) is 24.1 Å². The summed E-state index contributed by atoms with van der Waals surface area (Å²) >= 11 is 1.23. The fourth-order valence-electron chi connectivity index (χ4n) is 3.94. The first kappa shape index (κ1) is 31.5. The van der Waals surface area contributed by atoms with Gasteiger partial charge in [-0.15, -0.1) is 24.5 Å². The maximum Gasteiger partial charge on any atom is 0.573 e. The normalized spacial score (nSPS) is 12.3. The lowest BCUT2D eigenvalue weighted by Gasteiger charge is -2.18. The monoisotopic (exact) mass is 633 g/mol. The third-order valence-corrected chi connectivity index (χ3v) is 8.62. The van der Waals surface area contributed by atoms with Gasteiger partial charge in [0.05, 0.1) is 15.6 Å². The molecule has 2 aromatic carbocycles. The fourth-order valence-corrected chi connectivity index (χ4v) is 5.63. The number of rotatable bonds is 11. The molecule has 0 saturated carbocycles. The van der Waals surface area contributed by atoms with Crippen LogP contribution >= 0.6 is 11.3 Å². The van der Waals surface area contributed by atoms with Crippen molar-refractivity contribution in [2.75, 3.05) is 11.1 Å². The molecular formula is C29H26F3N3O6S2. The van der Waals surface area contributed by atoms with Gasteiger partial charge >= 0.3 is 6.36 Å². The maximum atomic E-state index is 13.2. The number of ether oxygens (including phenoxy) is 2. The summed E-state index contributed by atoms with van der Waals surface area (Å²) in [5, 5.41) is 7.62. The van der Waals surface area contributed by atoms with Gasteiger partial charge in [-0.25, -0.2) is 13.4 Å². The summed E-state index contributed by atoms with van der Waals surface area (Å²) in [4.78, 5) is 29.5. The van der Waals surface area contributed by atoms with Gasteiger partial charge in [-0.2, -0.15) is 0 Å². The third-order valence-electron chi connectivity index (χ3n) is 6.02. The fraction of sp³-hybridized carbons (Fsp3) is 0.207. The number of thiophene rings is 1. The largest absolute Gasteiger partial charge is 0.573 e. The van der Waals surface area contributed by atoms with Crippen LogP contribution in [0.1, 0.15) is 31.0 Å². The van der Waals surface area contributed by atoms with Gasteiger partial charge in [0.1, 0.15) is 18.4 Å². The van der Waals surface area contributed by atoms with Crippen molar-refractivity contribution < 1.29 is 40.7 Å². The molecule has 0 saturated heterocycles. The number of nitrogens with one attached hydrogen (secondary N) is 2. The molecule has 0 fully saturated rings. The summed E-state index contributed by atoms with van der Waals surface area (Å²) in [7, 11) is -3.43. The van der Waals surface area contributed by atoms with E-state index in [4.69, 9.17) is 4.74 Å². The number of sulfone groups is 1. The van der Waals surface area contributed by atoms with Gasteiger partial charge in [-0.1, -0.05) is 31.2 Å². The molecule has 14 heteroatoms. The smallest absolute Gasteiger partial charge is 0.472 e. The molecule has 0 spiro atoms. The summed E-state index contributed by atoms with van der Waals surface area (Å²) in [6.45, 7) is 2.83.